The molecule has 7 nitrogen and oxygen atoms in total. The van der Waals surface area contributed by atoms with Gasteiger partial charge in [0.25, 0.3) is 11.6 Å². The van der Waals surface area contributed by atoms with Crippen LogP contribution >= 0.6 is 0 Å². The number of nitro benzene ring substituents is 1. The minimum Gasteiger partial charge on any atom is -0.334 e. The van der Waals surface area contributed by atoms with Crippen molar-refractivity contribution in [2.75, 3.05) is 0 Å². The van der Waals surface area contributed by atoms with Gasteiger partial charge < -0.3 is 10.3 Å². The van der Waals surface area contributed by atoms with E-state index in [1.54, 1.807) is 12.1 Å². The molecule has 106 valence electrons. The van der Waals surface area contributed by atoms with E-state index in [1.807, 2.05) is 13.8 Å². The van der Waals surface area contributed by atoms with Crippen LogP contribution in [0.15, 0.2) is 28.8 Å². The van der Waals surface area contributed by atoms with Crippen LogP contribution in [0.5, 0.6) is 0 Å². The molecule has 0 spiro atoms. The fourth-order valence-corrected chi connectivity index (χ4v) is 1.83. The smallest absolute Gasteiger partial charge is 0.269 e. The molecule has 20 heavy (non-hydrogen) atoms. The minimum absolute atomic E-state index is 0.0174. The maximum atomic E-state index is 10.6. The molecular weight excluding hydrogens is 260 g/mol. The number of nitro groups is 1. The zero-order valence-electron chi connectivity index (χ0n) is 11.4. The van der Waals surface area contributed by atoms with Crippen LogP contribution in [-0.4, -0.2) is 15.1 Å². The number of benzene rings is 1. The summed E-state index contributed by atoms with van der Waals surface area (Å²) in [4.78, 5) is 14.4. The molecule has 0 unspecified atom stereocenters. The fourth-order valence-electron chi connectivity index (χ4n) is 1.83. The second kappa shape index (κ2) is 5.38. The van der Waals surface area contributed by atoms with Gasteiger partial charge in [-0.1, -0.05) is 19.0 Å². The minimum atomic E-state index is -0.609. The first-order valence-electron chi connectivity index (χ1n) is 6.38. The monoisotopic (exact) mass is 276 g/mol. The molecule has 0 fully saturated rings. The number of nitrogens with two attached hydrogens (primary N) is 1. The van der Waals surface area contributed by atoms with Crippen molar-refractivity contribution in [1.82, 2.24) is 10.1 Å². The summed E-state index contributed by atoms with van der Waals surface area (Å²) in [5, 5.41) is 14.5. The van der Waals surface area contributed by atoms with Crippen molar-refractivity contribution < 1.29 is 9.45 Å². The quantitative estimate of drug-likeness (QED) is 0.664. The summed E-state index contributed by atoms with van der Waals surface area (Å²) in [5.41, 5.74) is 6.24. The average molecular weight is 276 g/mol. The van der Waals surface area contributed by atoms with E-state index in [1.165, 1.54) is 12.1 Å². The van der Waals surface area contributed by atoms with Crippen LogP contribution in [-0.2, 0) is 5.54 Å². The van der Waals surface area contributed by atoms with Gasteiger partial charge in [-0.15, -0.1) is 0 Å². The van der Waals surface area contributed by atoms with E-state index in [9.17, 15) is 10.1 Å². The van der Waals surface area contributed by atoms with Crippen LogP contribution in [0.3, 0.4) is 0 Å². The normalized spacial score (nSPS) is 11.6. The topological polar surface area (TPSA) is 108 Å². The van der Waals surface area contributed by atoms with Gasteiger partial charge in [0.15, 0.2) is 5.82 Å². The van der Waals surface area contributed by atoms with E-state index < -0.39 is 10.5 Å². The molecule has 7 heteroatoms. The molecule has 2 rings (SSSR count). The van der Waals surface area contributed by atoms with Crippen LogP contribution in [0.4, 0.5) is 5.69 Å². The number of nitrogens with zero attached hydrogens (tertiary/aromatic N) is 3. The Morgan fingerprint density at radius 2 is 1.90 bits per heavy atom. The molecule has 0 aliphatic rings. The van der Waals surface area contributed by atoms with Crippen LogP contribution in [0, 0.1) is 10.1 Å². The number of rotatable bonds is 5. The Kier molecular flexibility index (Phi) is 3.80. The predicted molar refractivity (Wildman–Crippen MR) is 72.8 cm³/mol. The van der Waals surface area contributed by atoms with E-state index in [2.05, 4.69) is 10.1 Å². The molecule has 0 radical (unpaired) electrons. The van der Waals surface area contributed by atoms with Gasteiger partial charge in [0.1, 0.15) is 0 Å². The standard InChI is InChI=1S/C13H16N4O3/c1-3-13(14,4-2)12-15-11(20-16-12)9-5-7-10(8-6-9)17(18)19/h5-8H,3-4,14H2,1-2H3. The van der Waals surface area contributed by atoms with Gasteiger partial charge in [0.05, 0.1) is 10.5 Å². The molecule has 0 saturated carbocycles. The molecular formula is C13H16N4O3. The molecule has 1 aromatic heterocycles. The summed E-state index contributed by atoms with van der Waals surface area (Å²) in [6.45, 7) is 3.93. The van der Waals surface area contributed by atoms with E-state index in [-0.39, 0.29) is 5.69 Å². The van der Waals surface area contributed by atoms with Gasteiger partial charge in [0.2, 0.25) is 0 Å². The lowest BCUT2D eigenvalue weighted by Gasteiger charge is -2.21. The van der Waals surface area contributed by atoms with Crippen molar-refractivity contribution in [1.29, 1.82) is 0 Å². The average Bonchev–Trinajstić information content (AvgIpc) is 2.97. The SMILES string of the molecule is CCC(N)(CC)c1noc(-c2ccc([N+](=O)[O-])cc2)n1. The number of non-ortho nitro benzene ring substituents is 1. The first kappa shape index (κ1) is 14.1. The van der Waals surface area contributed by atoms with E-state index >= 15 is 0 Å². The van der Waals surface area contributed by atoms with Crippen molar-refractivity contribution in [3.63, 3.8) is 0 Å². The lowest BCUT2D eigenvalue weighted by atomic mass is 9.93. The molecule has 1 aromatic carbocycles. The van der Waals surface area contributed by atoms with Crippen LogP contribution in [0.1, 0.15) is 32.5 Å². The van der Waals surface area contributed by atoms with Gasteiger partial charge in [-0.3, -0.25) is 10.1 Å². The van der Waals surface area contributed by atoms with Crippen LogP contribution in [0.25, 0.3) is 11.5 Å². The number of hydrogen-bond acceptors (Lipinski definition) is 6. The number of aromatic nitrogens is 2. The first-order valence-corrected chi connectivity index (χ1v) is 6.38. The summed E-state index contributed by atoms with van der Waals surface area (Å²) in [6.07, 6.45) is 1.39. The molecule has 1 heterocycles. The van der Waals surface area contributed by atoms with Crippen LogP contribution in [0.2, 0.25) is 0 Å². The Balaban J connectivity index is 2.31. The lowest BCUT2D eigenvalue weighted by molar-refractivity contribution is -0.384. The van der Waals surface area contributed by atoms with Crippen molar-refractivity contribution in [2.24, 2.45) is 5.73 Å². The van der Waals surface area contributed by atoms with Gasteiger partial charge in [-0.05, 0) is 25.0 Å². The van der Waals surface area contributed by atoms with Crippen molar-refractivity contribution in [3.8, 4) is 11.5 Å². The second-order valence-electron chi connectivity index (χ2n) is 4.59. The Labute approximate surface area is 115 Å². The Hall–Kier alpha value is -2.28. The summed E-state index contributed by atoms with van der Waals surface area (Å²) >= 11 is 0. The molecule has 2 aromatic rings. The Morgan fingerprint density at radius 3 is 2.40 bits per heavy atom. The fraction of sp³-hybridized carbons (Fsp3) is 0.385. The third kappa shape index (κ3) is 2.53. The molecule has 0 bridgehead atoms. The molecule has 2 N–H and O–H groups in total. The van der Waals surface area contributed by atoms with E-state index in [0.717, 1.165) is 0 Å². The highest BCUT2D eigenvalue weighted by atomic mass is 16.6. The number of hydrogen-bond donors (Lipinski definition) is 1. The summed E-state index contributed by atoms with van der Waals surface area (Å²) in [7, 11) is 0. The molecule has 0 aliphatic heterocycles. The summed E-state index contributed by atoms with van der Waals surface area (Å²) in [6, 6.07) is 5.94. The molecule has 0 saturated heterocycles. The largest absolute Gasteiger partial charge is 0.334 e. The van der Waals surface area contributed by atoms with E-state index in [4.69, 9.17) is 10.3 Å². The van der Waals surface area contributed by atoms with Gasteiger partial charge in [0, 0.05) is 17.7 Å². The predicted octanol–water partition coefficient (Wildman–Crippen LogP) is 2.62. The van der Waals surface area contributed by atoms with Gasteiger partial charge in [-0.25, -0.2) is 0 Å². The maximum Gasteiger partial charge on any atom is 0.269 e. The van der Waals surface area contributed by atoms with Crippen molar-refractivity contribution >= 4 is 5.69 Å². The Bertz CT molecular complexity index is 602. The Morgan fingerprint density at radius 1 is 1.30 bits per heavy atom. The lowest BCUT2D eigenvalue weighted by Crippen LogP contribution is -2.36. The molecule has 0 aliphatic carbocycles. The first-order chi connectivity index (χ1) is 9.50. The molecule has 0 amide bonds. The molecule has 0 atom stereocenters. The van der Waals surface area contributed by atoms with Gasteiger partial charge >= 0.3 is 0 Å². The summed E-state index contributed by atoms with van der Waals surface area (Å²) < 4.78 is 5.19. The third-order valence-electron chi connectivity index (χ3n) is 3.46. The summed E-state index contributed by atoms with van der Waals surface area (Å²) in [5.74, 6) is 0.766. The van der Waals surface area contributed by atoms with E-state index in [0.29, 0.717) is 30.1 Å². The highest BCUT2D eigenvalue weighted by molar-refractivity contribution is 5.55. The highest BCUT2D eigenvalue weighted by Crippen LogP contribution is 2.26. The highest BCUT2D eigenvalue weighted by Gasteiger charge is 2.29. The van der Waals surface area contributed by atoms with Crippen molar-refractivity contribution in [3.05, 3.63) is 40.2 Å². The second-order valence-corrected chi connectivity index (χ2v) is 4.59. The van der Waals surface area contributed by atoms with Crippen molar-refractivity contribution in [2.45, 2.75) is 32.2 Å². The van der Waals surface area contributed by atoms with Crippen LogP contribution < -0.4 is 5.73 Å². The van der Waals surface area contributed by atoms with Gasteiger partial charge in [-0.2, -0.15) is 4.98 Å². The zero-order valence-corrected chi connectivity index (χ0v) is 11.4. The third-order valence-corrected chi connectivity index (χ3v) is 3.46. The zero-order chi connectivity index (χ0) is 14.8. The maximum absolute atomic E-state index is 10.6.